The maximum Gasteiger partial charge on any atom is 0.338 e. The number of esters is 1. The number of amidine groups is 1. The number of nitro groups is 1. The molecule has 0 saturated heterocycles. The quantitative estimate of drug-likeness (QED) is 0.215. The van der Waals surface area contributed by atoms with Crippen molar-refractivity contribution in [1.29, 1.82) is 0 Å². The lowest BCUT2D eigenvalue weighted by atomic mass is 9.93. The molecule has 1 atom stereocenters. The van der Waals surface area contributed by atoms with Crippen molar-refractivity contribution in [2.45, 2.75) is 19.4 Å². The Morgan fingerprint density at radius 1 is 1.18 bits per heavy atom. The van der Waals surface area contributed by atoms with Gasteiger partial charge in [-0.25, -0.2) is 9.79 Å². The van der Waals surface area contributed by atoms with E-state index in [4.69, 9.17) is 14.2 Å². The van der Waals surface area contributed by atoms with Crippen molar-refractivity contribution in [3.63, 3.8) is 0 Å². The van der Waals surface area contributed by atoms with Crippen molar-refractivity contribution >= 4 is 34.5 Å². The molecule has 34 heavy (non-hydrogen) atoms. The van der Waals surface area contributed by atoms with E-state index in [9.17, 15) is 19.7 Å². The molecule has 1 amide bonds. The van der Waals surface area contributed by atoms with Crippen LogP contribution < -0.4 is 5.32 Å². The number of thioether (sulfide) groups is 1. The van der Waals surface area contributed by atoms with Crippen molar-refractivity contribution in [2.75, 3.05) is 40.6 Å². The second kappa shape index (κ2) is 11.8. The molecule has 0 bridgehead atoms. The van der Waals surface area contributed by atoms with Gasteiger partial charge in [0.25, 0.3) is 5.69 Å². The van der Waals surface area contributed by atoms with Crippen LogP contribution in [0.4, 0.5) is 5.69 Å². The van der Waals surface area contributed by atoms with Crippen LogP contribution in [-0.2, 0) is 23.8 Å². The zero-order valence-electron chi connectivity index (χ0n) is 19.1. The fourth-order valence-corrected chi connectivity index (χ4v) is 4.50. The highest BCUT2D eigenvalue weighted by atomic mass is 32.2. The SMILES string of the molecule is COCCNC(=O)CC1=CSC2=NC(C)=C(C(=O)OCCOC)C(c3ccc([N+](=O)[O-])cc3)N12. The van der Waals surface area contributed by atoms with Crippen LogP contribution >= 0.6 is 11.8 Å². The fraction of sp³-hybridized carbons (Fsp3) is 0.409. The number of nitrogens with one attached hydrogen (secondary N) is 1. The van der Waals surface area contributed by atoms with E-state index in [0.29, 0.717) is 40.8 Å². The number of ether oxygens (including phenoxy) is 3. The summed E-state index contributed by atoms with van der Waals surface area (Å²) in [7, 11) is 3.06. The highest BCUT2D eigenvalue weighted by Crippen LogP contribution is 2.45. The summed E-state index contributed by atoms with van der Waals surface area (Å²) < 4.78 is 15.3. The lowest BCUT2D eigenvalue weighted by Gasteiger charge is -2.36. The number of hydrogen-bond donors (Lipinski definition) is 1. The summed E-state index contributed by atoms with van der Waals surface area (Å²) in [6, 6.07) is 5.29. The number of nitro benzene ring substituents is 1. The zero-order valence-corrected chi connectivity index (χ0v) is 19.9. The van der Waals surface area contributed by atoms with E-state index in [1.807, 2.05) is 10.3 Å². The monoisotopic (exact) mass is 490 g/mol. The standard InChI is InChI=1S/C22H26N4O7S/c1-14-19(21(28)33-11-10-32-3)20(15-4-6-16(7-5-15)26(29)30)25-17(13-34-22(25)24-14)12-18(27)23-8-9-31-2/h4-7,13,20H,8-12H2,1-3H3,(H,23,27). The lowest BCUT2D eigenvalue weighted by molar-refractivity contribution is -0.384. The fourth-order valence-electron chi connectivity index (χ4n) is 3.54. The molecule has 1 aromatic rings. The first-order chi connectivity index (χ1) is 16.4. The van der Waals surface area contributed by atoms with Gasteiger partial charge in [0.15, 0.2) is 5.17 Å². The van der Waals surface area contributed by atoms with E-state index in [1.165, 1.54) is 31.0 Å². The summed E-state index contributed by atoms with van der Waals surface area (Å²) in [5, 5.41) is 16.3. The summed E-state index contributed by atoms with van der Waals surface area (Å²) >= 11 is 1.34. The molecule has 1 N–H and O–H groups in total. The molecular formula is C22H26N4O7S. The van der Waals surface area contributed by atoms with Crippen LogP contribution in [0.1, 0.15) is 24.9 Å². The summed E-state index contributed by atoms with van der Waals surface area (Å²) in [5.74, 6) is -0.774. The van der Waals surface area contributed by atoms with Crippen LogP contribution in [0.2, 0.25) is 0 Å². The molecule has 3 rings (SSSR count). The first kappa shape index (κ1) is 25.4. The van der Waals surface area contributed by atoms with E-state index in [2.05, 4.69) is 10.3 Å². The number of allylic oxidation sites excluding steroid dienone is 1. The zero-order chi connectivity index (χ0) is 24.7. The molecule has 0 aromatic heterocycles. The molecule has 1 aromatic carbocycles. The third-order valence-electron chi connectivity index (χ3n) is 5.13. The minimum atomic E-state index is -0.670. The second-order valence-electron chi connectivity index (χ2n) is 7.39. The van der Waals surface area contributed by atoms with E-state index in [-0.39, 0.29) is 31.2 Å². The number of fused-ring (bicyclic) bond motifs is 1. The number of methoxy groups -OCH3 is 2. The van der Waals surface area contributed by atoms with Crippen LogP contribution in [0.15, 0.2) is 51.6 Å². The normalized spacial score (nSPS) is 17.1. The van der Waals surface area contributed by atoms with E-state index < -0.39 is 16.9 Å². The number of hydrogen-bond acceptors (Lipinski definition) is 10. The predicted octanol–water partition coefficient (Wildman–Crippen LogP) is 2.51. The van der Waals surface area contributed by atoms with Crippen molar-refractivity contribution in [3.05, 3.63) is 62.3 Å². The van der Waals surface area contributed by atoms with Gasteiger partial charge >= 0.3 is 5.97 Å². The topological polar surface area (TPSA) is 133 Å². The number of amides is 1. The van der Waals surface area contributed by atoms with Gasteiger partial charge in [-0.1, -0.05) is 11.8 Å². The third kappa shape index (κ3) is 5.82. The number of nitrogens with zero attached hydrogens (tertiary/aromatic N) is 3. The first-order valence-corrected chi connectivity index (χ1v) is 11.4. The number of carbonyl (C=O) groups excluding carboxylic acids is 2. The number of aliphatic imine (C=N–C) groups is 1. The molecule has 0 fully saturated rings. The van der Waals surface area contributed by atoms with Gasteiger partial charge in [0.2, 0.25) is 5.91 Å². The maximum absolute atomic E-state index is 13.1. The molecule has 0 saturated carbocycles. The van der Waals surface area contributed by atoms with Gasteiger partial charge in [-0.2, -0.15) is 0 Å². The molecule has 182 valence electrons. The summed E-state index contributed by atoms with van der Waals surface area (Å²) in [6.07, 6.45) is 0.0598. The number of non-ortho nitro benzene ring substituents is 1. The van der Waals surface area contributed by atoms with Crippen molar-refractivity contribution in [2.24, 2.45) is 4.99 Å². The molecule has 12 heteroatoms. The van der Waals surface area contributed by atoms with Crippen LogP contribution in [-0.4, -0.2) is 67.5 Å². The van der Waals surface area contributed by atoms with Gasteiger partial charge in [-0.05, 0) is 30.0 Å². The molecule has 2 heterocycles. The van der Waals surface area contributed by atoms with Crippen LogP contribution in [0.25, 0.3) is 0 Å². The Morgan fingerprint density at radius 2 is 1.88 bits per heavy atom. The molecule has 0 radical (unpaired) electrons. The van der Waals surface area contributed by atoms with Gasteiger partial charge in [0, 0.05) is 38.6 Å². The highest BCUT2D eigenvalue weighted by molar-refractivity contribution is 8.16. The Labute approximate surface area is 201 Å². The smallest absolute Gasteiger partial charge is 0.338 e. The molecule has 2 aliphatic rings. The van der Waals surface area contributed by atoms with Gasteiger partial charge in [0.1, 0.15) is 6.61 Å². The Kier molecular flexibility index (Phi) is 8.79. The van der Waals surface area contributed by atoms with E-state index in [0.717, 1.165) is 0 Å². The molecule has 2 aliphatic heterocycles. The molecule has 1 unspecified atom stereocenters. The van der Waals surface area contributed by atoms with Gasteiger partial charge in [0.05, 0.1) is 41.9 Å². The van der Waals surface area contributed by atoms with Crippen LogP contribution in [0.3, 0.4) is 0 Å². The van der Waals surface area contributed by atoms with Crippen molar-refractivity contribution in [1.82, 2.24) is 10.2 Å². The summed E-state index contributed by atoms with van der Waals surface area (Å²) in [4.78, 5) is 42.6. The average Bonchev–Trinajstić information content (AvgIpc) is 3.20. The average molecular weight is 491 g/mol. The molecule has 11 nitrogen and oxygen atoms in total. The summed E-state index contributed by atoms with van der Waals surface area (Å²) in [5.41, 5.74) is 1.98. The van der Waals surface area contributed by atoms with Gasteiger partial charge < -0.3 is 24.4 Å². The Balaban J connectivity index is 1.95. The molecule has 0 aliphatic carbocycles. The predicted molar refractivity (Wildman–Crippen MR) is 126 cm³/mol. The first-order valence-electron chi connectivity index (χ1n) is 10.5. The minimum Gasteiger partial charge on any atom is -0.460 e. The van der Waals surface area contributed by atoms with Crippen molar-refractivity contribution in [3.8, 4) is 0 Å². The van der Waals surface area contributed by atoms with E-state index >= 15 is 0 Å². The van der Waals surface area contributed by atoms with Gasteiger partial charge in [-0.15, -0.1) is 0 Å². The molecular weight excluding hydrogens is 464 g/mol. The maximum atomic E-state index is 13.1. The lowest BCUT2D eigenvalue weighted by Crippen LogP contribution is -2.38. The van der Waals surface area contributed by atoms with E-state index in [1.54, 1.807) is 26.2 Å². The Morgan fingerprint density at radius 3 is 2.53 bits per heavy atom. The largest absolute Gasteiger partial charge is 0.460 e. The third-order valence-corrected chi connectivity index (χ3v) is 6.02. The van der Waals surface area contributed by atoms with Gasteiger partial charge in [-0.3, -0.25) is 14.9 Å². The number of benzene rings is 1. The Hall–Kier alpha value is -3.22. The second-order valence-corrected chi connectivity index (χ2v) is 8.23. The highest BCUT2D eigenvalue weighted by Gasteiger charge is 2.41. The molecule has 0 spiro atoms. The van der Waals surface area contributed by atoms with Crippen molar-refractivity contribution < 1.29 is 28.7 Å². The summed E-state index contributed by atoms with van der Waals surface area (Å²) in [6.45, 7) is 2.78. The minimum absolute atomic E-state index is 0.0598. The van der Waals surface area contributed by atoms with Crippen LogP contribution in [0.5, 0.6) is 0 Å². The van der Waals surface area contributed by atoms with Crippen LogP contribution in [0, 0.1) is 10.1 Å². The Bertz CT molecular complexity index is 1040. The number of carbonyl (C=O) groups is 2. The number of rotatable bonds is 11.